The van der Waals surface area contributed by atoms with Crippen LogP contribution in [0.4, 0.5) is 0 Å². The van der Waals surface area contributed by atoms with E-state index in [0.717, 1.165) is 11.1 Å². The Morgan fingerprint density at radius 3 is 2.24 bits per heavy atom. The summed E-state index contributed by atoms with van der Waals surface area (Å²) in [5, 5.41) is 10.0. The Hall–Kier alpha value is -1.84. The number of hydrogen-bond donors (Lipinski definition) is 1. The Kier molecular flexibility index (Phi) is 2.45. The number of aromatic hydroxyl groups is 1. The van der Waals surface area contributed by atoms with E-state index in [-0.39, 0.29) is 11.3 Å². The zero-order valence-electron chi connectivity index (χ0n) is 10.2. The third-order valence-electron chi connectivity index (χ3n) is 3.57. The minimum Gasteiger partial charge on any atom is -0.507 e. The van der Waals surface area contributed by atoms with Gasteiger partial charge >= 0.3 is 11.9 Å². The molecule has 2 rings (SSSR count). The van der Waals surface area contributed by atoms with Crippen LogP contribution in [0, 0.1) is 20.8 Å². The lowest BCUT2D eigenvalue weighted by Crippen LogP contribution is -2.28. The standard InChI is InChI=1S/C13H14O4/c1-5-6(2)9-8(4)12(15)17-13(16)10(9)11(14)7(5)3/h8,14H,1-4H3. The van der Waals surface area contributed by atoms with E-state index < -0.39 is 17.9 Å². The summed E-state index contributed by atoms with van der Waals surface area (Å²) in [6, 6.07) is 0. The molecule has 1 N–H and O–H groups in total. The molecule has 0 radical (unpaired) electrons. The van der Waals surface area contributed by atoms with Crippen molar-refractivity contribution in [1.82, 2.24) is 0 Å². The third kappa shape index (κ3) is 1.44. The van der Waals surface area contributed by atoms with Gasteiger partial charge in [0.1, 0.15) is 11.3 Å². The highest BCUT2D eigenvalue weighted by molar-refractivity contribution is 6.06. The van der Waals surface area contributed by atoms with Gasteiger partial charge in [0.2, 0.25) is 0 Å². The van der Waals surface area contributed by atoms with Crippen LogP contribution in [-0.4, -0.2) is 17.0 Å². The number of carbonyl (C=O) groups excluding carboxylic acids is 2. The van der Waals surface area contributed by atoms with Crippen LogP contribution in [-0.2, 0) is 9.53 Å². The van der Waals surface area contributed by atoms with Crippen LogP contribution in [0.5, 0.6) is 5.75 Å². The summed E-state index contributed by atoms with van der Waals surface area (Å²) in [6.45, 7) is 7.13. The summed E-state index contributed by atoms with van der Waals surface area (Å²) >= 11 is 0. The molecule has 0 saturated carbocycles. The van der Waals surface area contributed by atoms with Crippen molar-refractivity contribution in [3.8, 4) is 5.75 Å². The van der Waals surface area contributed by atoms with E-state index in [4.69, 9.17) is 0 Å². The number of rotatable bonds is 0. The zero-order valence-corrected chi connectivity index (χ0v) is 10.2. The van der Waals surface area contributed by atoms with Crippen molar-refractivity contribution < 1.29 is 19.4 Å². The maximum atomic E-state index is 11.7. The molecule has 0 fully saturated rings. The van der Waals surface area contributed by atoms with Gasteiger partial charge in [0, 0.05) is 0 Å². The summed E-state index contributed by atoms with van der Waals surface area (Å²) in [5.41, 5.74) is 3.15. The predicted octanol–water partition coefficient (Wildman–Crippen LogP) is 2.12. The Labute approximate surface area is 99.2 Å². The topological polar surface area (TPSA) is 63.6 Å². The molecule has 1 aromatic carbocycles. The molecule has 1 atom stereocenters. The Morgan fingerprint density at radius 1 is 1.06 bits per heavy atom. The van der Waals surface area contributed by atoms with Crippen LogP contribution in [0.25, 0.3) is 0 Å². The Balaban J connectivity index is 2.87. The first kappa shape index (κ1) is 11.6. The summed E-state index contributed by atoms with van der Waals surface area (Å²) < 4.78 is 4.62. The van der Waals surface area contributed by atoms with Crippen LogP contribution in [0.2, 0.25) is 0 Å². The van der Waals surface area contributed by atoms with Crippen molar-refractivity contribution in [2.75, 3.05) is 0 Å². The summed E-state index contributed by atoms with van der Waals surface area (Å²) in [7, 11) is 0. The van der Waals surface area contributed by atoms with Gasteiger partial charge in [-0.2, -0.15) is 0 Å². The smallest absolute Gasteiger partial charge is 0.349 e. The highest BCUT2D eigenvalue weighted by atomic mass is 16.6. The molecule has 0 bridgehead atoms. The van der Waals surface area contributed by atoms with Crippen molar-refractivity contribution in [2.24, 2.45) is 0 Å². The number of hydrogen-bond acceptors (Lipinski definition) is 4. The molecule has 1 aliphatic heterocycles. The van der Waals surface area contributed by atoms with Crippen molar-refractivity contribution in [3.63, 3.8) is 0 Å². The molecule has 90 valence electrons. The molecular weight excluding hydrogens is 220 g/mol. The maximum absolute atomic E-state index is 11.7. The summed E-state index contributed by atoms with van der Waals surface area (Å²) in [4.78, 5) is 23.2. The first-order valence-corrected chi connectivity index (χ1v) is 5.44. The fourth-order valence-electron chi connectivity index (χ4n) is 2.26. The van der Waals surface area contributed by atoms with Crippen LogP contribution in [0.1, 0.15) is 45.5 Å². The zero-order chi connectivity index (χ0) is 12.9. The molecule has 1 heterocycles. The van der Waals surface area contributed by atoms with Gasteiger partial charge in [-0.05, 0) is 49.9 Å². The Morgan fingerprint density at radius 2 is 1.65 bits per heavy atom. The largest absolute Gasteiger partial charge is 0.507 e. The quantitative estimate of drug-likeness (QED) is 0.551. The van der Waals surface area contributed by atoms with Gasteiger partial charge in [0.05, 0.1) is 5.92 Å². The molecule has 1 unspecified atom stereocenters. The lowest BCUT2D eigenvalue weighted by molar-refractivity contribution is -0.140. The number of ether oxygens (including phenoxy) is 1. The molecule has 1 aliphatic rings. The normalized spacial score (nSPS) is 18.9. The molecular formula is C13H14O4. The number of fused-ring (bicyclic) bond motifs is 1. The van der Waals surface area contributed by atoms with Crippen molar-refractivity contribution in [2.45, 2.75) is 33.6 Å². The van der Waals surface area contributed by atoms with Crippen LogP contribution < -0.4 is 0 Å². The third-order valence-corrected chi connectivity index (χ3v) is 3.57. The second-order valence-electron chi connectivity index (χ2n) is 4.44. The van der Waals surface area contributed by atoms with Crippen LogP contribution in [0.3, 0.4) is 0 Å². The van der Waals surface area contributed by atoms with E-state index in [2.05, 4.69) is 4.74 Å². The Bertz CT molecular complexity index is 543. The van der Waals surface area contributed by atoms with Gasteiger partial charge in [-0.3, -0.25) is 4.79 Å². The number of carbonyl (C=O) groups is 2. The van der Waals surface area contributed by atoms with Gasteiger partial charge < -0.3 is 9.84 Å². The van der Waals surface area contributed by atoms with Crippen molar-refractivity contribution >= 4 is 11.9 Å². The second kappa shape index (κ2) is 3.58. The van der Waals surface area contributed by atoms with Gasteiger partial charge in [-0.25, -0.2) is 4.79 Å². The minimum absolute atomic E-state index is 0.0764. The van der Waals surface area contributed by atoms with Crippen LogP contribution in [0.15, 0.2) is 0 Å². The molecule has 17 heavy (non-hydrogen) atoms. The van der Waals surface area contributed by atoms with Crippen molar-refractivity contribution in [3.05, 3.63) is 27.8 Å². The number of cyclic esters (lactones) is 2. The average Bonchev–Trinajstić information content (AvgIpc) is 2.28. The van der Waals surface area contributed by atoms with E-state index in [1.165, 1.54) is 0 Å². The minimum atomic E-state index is -0.758. The highest BCUT2D eigenvalue weighted by Crippen LogP contribution is 2.39. The number of phenolic OH excluding ortho intramolecular Hbond substituents is 1. The van der Waals surface area contributed by atoms with E-state index in [0.29, 0.717) is 11.1 Å². The maximum Gasteiger partial charge on any atom is 0.349 e. The molecule has 0 spiro atoms. The summed E-state index contributed by atoms with van der Waals surface area (Å²) in [5.74, 6) is -1.92. The highest BCUT2D eigenvalue weighted by Gasteiger charge is 2.36. The molecule has 0 saturated heterocycles. The summed E-state index contributed by atoms with van der Waals surface area (Å²) in [6.07, 6.45) is 0. The van der Waals surface area contributed by atoms with Gasteiger partial charge in [-0.15, -0.1) is 0 Å². The first-order valence-electron chi connectivity index (χ1n) is 5.44. The average molecular weight is 234 g/mol. The fraction of sp³-hybridized carbons (Fsp3) is 0.385. The molecule has 4 nitrogen and oxygen atoms in total. The number of benzene rings is 1. The van der Waals surface area contributed by atoms with E-state index in [1.54, 1.807) is 13.8 Å². The molecule has 0 aliphatic carbocycles. The first-order chi connectivity index (χ1) is 7.86. The second-order valence-corrected chi connectivity index (χ2v) is 4.44. The number of phenols is 1. The fourth-order valence-corrected chi connectivity index (χ4v) is 2.26. The lowest BCUT2D eigenvalue weighted by atomic mass is 9.84. The molecule has 0 amide bonds. The molecule has 1 aromatic rings. The van der Waals surface area contributed by atoms with Gasteiger partial charge in [0.15, 0.2) is 0 Å². The van der Waals surface area contributed by atoms with Crippen LogP contribution >= 0.6 is 0 Å². The predicted molar refractivity (Wildman–Crippen MR) is 61.2 cm³/mol. The van der Waals surface area contributed by atoms with E-state index >= 15 is 0 Å². The monoisotopic (exact) mass is 234 g/mol. The lowest BCUT2D eigenvalue weighted by Gasteiger charge is -2.25. The molecule has 0 aromatic heterocycles. The van der Waals surface area contributed by atoms with Crippen molar-refractivity contribution in [1.29, 1.82) is 0 Å². The SMILES string of the molecule is Cc1c(C)c(O)c2c(c1C)C(C)C(=O)OC2=O. The van der Waals surface area contributed by atoms with Gasteiger partial charge in [-0.1, -0.05) is 0 Å². The van der Waals surface area contributed by atoms with E-state index in [9.17, 15) is 14.7 Å². The van der Waals surface area contributed by atoms with E-state index in [1.807, 2.05) is 13.8 Å². The molecule has 4 heteroatoms. The number of esters is 2. The van der Waals surface area contributed by atoms with Gasteiger partial charge in [0.25, 0.3) is 0 Å².